The lowest BCUT2D eigenvalue weighted by molar-refractivity contribution is 0.209. The van der Waals surface area contributed by atoms with Crippen molar-refractivity contribution in [2.45, 2.75) is 38.4 Å². The van der Waals surface area contributed by atoms with Crippen LogP contribution >= 0.6 is 0 Å². The van der Waals surface area contributed by atoms with Crippen molar-refractivity contribution in [3.05, 3.63) is 66.2 Å². The lowest BCUT2D eigenvalue weighted by Gasteiger charge is -2.39. The van der Waals surface area contributed by atoms with Crippen molar-refractivity contribution in [2.75, 3.05) is 6.61 Å². The molecule has 4 atom stereocenters. The highest BCUT2D eigenvalue weighted by Crippen LogP contribution is 2.54. The fraction of sp³-hybridized carbons (Fsp3) is 0.455. The van der Waals surface area contributed by atoms with Crippen LogP contribution in [0.25, 0.3) is 0 Å². The summed E-state index contributed by atoms with van der Waals surface area (Å²) in [5, 5.41) is 11.8. The third-order valence-corrected chi connectivity index (χ3v) is 10.5. The van der Waals surface area contributed by atoms with Gasteiger partial charge in [-0.15, -0.1) is 0 Å². The normalized spacial score (nSPS) is 22.8. The summed E-state index contributed by atoms with van der Waals surface area (Å²) in [4.78, 5) is 0. The zero-order chi connectivity index (χ0) is 17.2. The summed E-state index contributed by atoms with van der Waals surface area (Å²) < 4.78 is 0. The number of benzene rings is 2. The molecule has 1 aliphatic carbocycles. The van der Waals surface area contributed by atoms with E-state index in [0.717, 1.165) is 18.3 Å². The fourth-order valence-corrected chi connectivity index (χ4v) is 8.98. The Morgan fingerprint density at radius 3 is 2.04 bits per heavy atom. The van der Waals surface area contributed by atoms with Crippen LogP contribution in [-0.2, 0) is 6.42 Å². The quantitative estimate of drug-likeness (QED) is 0.738. The van der Waals surface area contributed by atoms with Crippen molar-refractivity contribution < 1.29 is 5.11 Å². The van der Waals surface area contributed by atoms with Gasteiger partial charge in [0.2, 0.25) is 0 Å². The van der Waals surface area contributed by atoms with Crippen LogP contribution in [0.3, 0.4) is 0 Å². The minimum Gasteiger partial charge on any atom is -0.396 e. The van der Waals surface area contributed by atoms with Gasteiger partial charge in [0.05, 0.1) is 8.07 Å². The van der Waals surface area contributed by atoms with Crippen molar-refractivity contribution in [2.24, 2.45) is 17.8 Å². The van der Waals surface area contributed by atoms with Gasteiger partial charge < -0.3 is 5.11 Å². The van der Waals surface area contributed by atoms with Gasteiger partial charge >= 0.3 is 0 Å². The lowest BCUT2D eigenvalue weighted by atomic mass is 9.93. The zero-order valence-corrected chi connectivity index (χ0v) is 16.2. The van der Waals surface area contributed by atoms with Gasteiger partial charge in [-0.25, -0.2) is 0 Å². The Morgan fingerprint density at radius 1 is 1.00 bits per heavy atom. The minimum absolute atomic E-state index is 0.298. The van der Waals surface area contributed by atoms with Crippen LogP contribution in [0.4, 0.5) is 0 Å². The van der Waals surface area contributed by atoms with E-state index in [-0.39, 0.29) is 0 Å². The average molecular weight is 339 g/mol. The van der Waals surface area contributed by atoms with E-state index in [1.807, 2.05) is 0 Å². The molecule has 2 heteroatoms. The molecule has 0 radical (unpaired) electrons. The molecule has 0 aromatic heterocycles. The van der Waals surface area contributed by atoms with Crippen LogP contribution < -0.4 is 5.19 Å². The van der Waals surface area contributed by atoms with E-state index in [0.29, 0.717) is 18.1 Å². The first kappa shape index (κ1) is 17.4. The lowest BCUT2D eigenvalue weighted by Crippen LogP contribution is -2.50. The Balaban J connectivity index is 1.90. The molecule has 2 aromatic carbocycles. The van der Waals surface area contributed by atoms with Gasteiger partial charge in [-0.05, 0) is 41.7 Å². The second-order valence-corrected chi connectivity index (χ2v) is 12.8. The van der Waals surface area contributed by atoms with E-state index in [1.165, 1.54) is 17.2 Å². The number of hydrogen-bond acceptors (Lipinski definition) is 1. The van der Waals surface area contributed by atoms with Gasteiger partial charge in [0.15, 0.2) is 0 Å². The number of aliphatic hydroxyl groups is 1. The molecule has 24 heavy (non-hydrogen) atoms. The number of aliphatic hydroxyl groups excluding tert-OH is 1. The Morgan fingerprint density at radius 2 is 1.54 bits per heavy atom. The molecule has 0 heterocycles. The maximum Gasteiger partial charge on any atom is 0.0843 e. The first-order valence-corrected chi connectivity index (χ1v) is 12.3. The van der Waals surface area contributed by atoms with Crippen molar-refractivity contribution in [1.82, 2.24) is 0 Å². The summed E-state index contributed by atoms with van der Waals surface area (Å²) >= 11 is 0. The van der Waals surface area contributed by atoms with Crippen molar-refractivity contribution >= 4 is 13.3 Å². The minimum atomic E-state index is -1.65. The fourth-order valence-electron chi connectivity index (χ4n) is 4.61. The number of hydrogen-bond donors (Lipinski definition) is 1. The third-order valence-electron chi connectivity index (χ3n) is 6.07. The predicted octanol–water partition coefficient (Wildman–Crippen LogP) is 4.48. The van der Waals surface area contributed by atoms with E-state index in [4.69, 9.17) is 0 Å². The predicted molar refractivity (Wildman–Crippen MR) is 105 cm³/mol. The molecule has 1 aliphatic rings. The zero-order valence-electron chi connectivity index (χ0n) is 15.2. The molecule has 0 unspecified atom stereocenters. The topological polar surface area (TPSA) is 20.2 Å². The van der Waals surface area contributed by atoms with Crippen LogP contribution in [0.15, 0.2) is 60.7 Å². The highest BCUT2D eigenvalue weighted by atomic mass is 28.3. The number of rotatable bonds is 7. The summed E-state index contributed by atoms with van der Waals surface area (Å²) in [6, 6.07) is 21.8. The summed E-state index contributed by atoms with van der Waals surface area (Å²) in [5.74, 6) is 1.97. The highest BCUT2D eigenvalue weighted by molar-refractivity contribution is 6.91. The molecular weight excluding hydrogens is 308 g/mol. The molecule has 1 N–H and O–H groups in total. The first-order valence-electron chi connectivity index (χ1n) is 9.24. The van der Waals surface area contributed by atoms with Crippen LogP contribution in [0.5, 0.6) is 0 Å². The molecule has 0 amide bonds. The Kier molecular flexibility index (Phi) is 5.26. The summed E-state index contributed by atoms with van der Waals surface area (Å²) in [6.07, 6.45) is 2.33. The van der Waals surface area contributed by atoms with Crippen LogP contribution in [0.1, 0.15) is 18.9 Å². The van der Waals surface area contributed by atoms with E-state index in [1.54, 1.807) is 0 Å². The van der Waals surface area contributed by atoms with Gasteiger partial charge in [0.25, 0.3) is 0 Å². The van der Waals surface area contributed by atoms with E-state index < -0.39 is 8.07 Å². The van der Waals surface area contributed by atoms with E-state index in [9.17, 15) is 5.11 Å². The molecule has 1 saturated carbocycles. The molecule has 1 fully saturated rings. The van der Waals surface area contributed by atoms with Crippen molar-refractivity contribution in [1.29, 1.82) is 0 Å². The standard InChI is InChI=1S/C22H30OSi/c1-17-14-21(17)22(24(2,3)20-12-8-5-9-13-20)19(16-23)15-18-10-6-4-7-11-18/h4-13,17,19,21-23H,14-16H2,1-3H3/t17-,19+,21-,22+/m1/s1. The molecule has 1 nitrogen and oxygen atoms in total. The van der Waals surface area contributed by atoms with Gasteiger partial charge in [0, 0.05) is 6.61 Å². The van der Waals surface area contributed by atoms with Crippen molar-refractivity contribution in [3.63, 3.8) is 0 Å². The molecule has 0 aliphatic heterocycles. The molecule has 0 saturated heterocycles. The van der Waals surface area contributed by atoms with Crippen molar-refractivity contribution in [3.8, 4) is 0 Å². The van der Waals surface area contributed by atoms with Crippen LogP contribution in [0, 0.1) is 17.8 Å². The average Bonchev–Trinajstić information content (AvgIpc) is 3.31. The Bertz CT molecular complexity index is 638. The molecule has 3 rings (SSSR count). The molecule has 0 bridgehead atoms. The first-order chi connectivity index (χ1) is 11.5. The summed E-state index contributed by atoms with van der Waals surface area (Å²) in [6.45, 7) is 7.69. The second kappa shape index (κ2) is 7.24. The van der Waals surface area contributed by atoms with E-state index in [2.05, 4.69) is 80.7 Å². The van der Waals surface area contributed by atoms with Gasteiger partial charge in [-0.3, -0.25) is 0 Å². The van der Waals surface area contributed by atoms with Gasteiger partial charge in [0.1, 0.15) is 0 Å². The van der Waals surface area contributed by atoms with Crippen LogP contribution in [-0.4, -0.2) is 19.8 Å². The van der Waals surface area contributed by atoms with Crippen LogP contribution in [0.2, 0.25) is 18.6 Å². The third kappa shape index (κ3) is 3.65. The summed E-state index contributed by atoms with van der Waals surface area (Å²) in [5.41, 5.74) is 1.99. The maximum absolute atomic E-state index is 10.3. The Hall–Kier alpha value is -1.38. The molecule has 0 spiro atoms. The molecular formula is C22H30OSi. The maximum atomic E-state index is 10.3. The van der Waals surface area contributed by atoms with Gasteiger partial charge in [-0.2, -0.15) is 0 Å². The molecule has 2 aromatic rings. The van der Waals surface area contributed by atoms with Gasteiger partial charge in [-0.1, -0.05) is 85.9 Å². The molecule has 128 valence electrons. The largest absolute Gasteiger partial charge is 0.396 e. The Labute approximate surface area is 147 Å². The SMILES string of the molecule is C[C@@H]1C[C@H]1[C@H]([C@H](CO)Cc1ccccc1)[Si](C)(C)c1ccccc1. The smallest absolute Gasteiger partial charge is 0.0843 e. The second-order valence-electron chi connectivity index (χ2n) is 8.12. The van der Waals surface area contributed by atoms with E-state index >= 15 is 0 Å². The highest BCUT2D eigenvalue weighted by Gasteiger charge is 2.50. The summed E-state index contributed by atoms with van der Waals surface area (Å²) in [7, 11) is -1.65. The monoisotopic (exact) mass is 338 g/mol.